The fourth-order valence-electron chi connectivity index (χ4n) is 1.74. The van der Waals surface area contributed by atoms with Gasteiger partial charge in [-0.15, -0.1) is 0 Å². The summed E-state index contributed by atoms with van der Waals surface area (Å²) in [6, 6.07) is 12.7. The van der Waals surface area contributed by atoms with Crippen molar-refractivity contribution in [1.29, 1.82) is 0 Å². The highest BCUT2D eigenvalue weighted by molar-refractivity contribution is 9.11. The molecule has 7 heteroatoms. The zero-order chi connectivity index (χ0) is 16.8. The van der Waals surface area contributed by atoms with Crippen LogP contribution in [0, 0.1) is 0 Å². The van der Waals surface area contributed by atoms with Gasteiger partial charge in [-0.1, -0.05) is 28.1 Å². The van der Waals surface area contributed by atoms with Crippen LogP contribution in [0.5, 0.6) is 5.75 Å². The Bertz CT molecular complexity index is 748. The van der Waals surface area contributed by atoms with Crippen molar-refractivity contribution < 1.29 is 9.53 Å². The predicted molar refractivity (Wildman–Crippen MR) is 98.5 cm³/mol. The van der Waals surface area contributed by atoms with E-state index in [1.54, 1.807) is 25.1 Å². The van der Waals surface area contributed by atoms with Gasteiger partial charge in [-0.3, -0.25) is 4.79 Å². The van der Waals surface area contributed by atoms with Crippen molar-refractivity contribution >= 4 is 49.2 Å². The number of rotatable bonds is 5. The third-order valence-electron chi connectivity index (χ3n) is 2.91. The predicted octanol–water partition coefficient (Wildman–Crippen LogP) is 3.71. The van der Waals surface area contributed by atoms with Crippen molar-refractivity contribution in [2.75, 3.05) is 12.3 Å². The molecule has 2 aromatic rings. The van der Waals surface area contributed by atoms with Gasteiger partial charge < -0.3 is 10.5 Å². The van der Waals surface area contributed by atoms with Crippen LogP contribution in [0.25, 0.3) is 0 Å². The average Bonchev–Trinajstić information content (AvgIpc) is 2.51. The highest BCUT2D eigenvalue weighted by atomic mass is 79.9. The molecule has 0 unspecified atom stereocenters. The number of benzene rings is 2. The summed E-state index contributed by atoms with van der Waals surface area (Å²) in [5.74, 6) is 0.239. The minimum Gasteiger partial charge on any atom is -0.483 e. The molecule has 0 atom stereocenters. The van der Waals surface area contributed by atoms with Crippen molar-refractivity contribution in [2.45, 2.75) is 6.92 Å². The highest BCUT2D eigenvalue weighted by Crippen LogP contribution is 2.28. The molecule has 0 saturated carbocycles. The van der Waals surface area contributed by atoms with E-state index in [1.165, 1.54) is 0 Å². The molecule has 0 bridgehead atoms. The fraction of sp³-hybridized carbons (Fsp3) is 0.125. The lowest BCUT2D eigenvalue weighted by molar-refractivity contribution is -0.123. The number of ether oxygens (including phenoxy) is 1. The van der Waals surface area contributed by atoms with Crippen molar-refractivity contribution in [3.05, 3.63) is 57.0 Å². The maximum absolute atomic E-state index is 11.8. The molecular weight excluding hydrogens is 426 g/mol. The first-order valence-corrected chi connectivity index (χ1v) is 8.31. The molecule has 0 fully saturated rings. The number of nitrogens with one attached hydrogen (secondary N) is 1. The highest BCUT2D eigenvalue weighted by Gasteiger charge is 2.06. The van der Waals surface area contributed by atoms with Gasteiger partial charge in [0, 0.05) is 10.2 Å². The van der Waals surface area contributed by atoms with Gasteiger partial charge in [0.25, 0.3) is 5.91 Å². The van der Waals surface area contributed by atoms with Crippen molar-refractivity contribution in [2.24, 2.45) is 5.10 Å². The molecule has 120 valence electrons. The van der Waals surface area contributed by atoms with Crippen LogP contribution < -0.4 is 15.9 Å². The first-order valence-electron chi connectivity index (χ1n) is 6.72. The number of nitrogens with two attached hydrogens (primary N) is 1. The number of hydrogen-bond donors (Lipinski definition) is 2. The molecule has 0 spiro atoms. The van der Waals surface area contributed by atoms with Gasteiger partial charge in [-0.2, -0.15) is 5.10 Å². The zero-order valence-electron chi connectivity index (χ0n) is 12.3. The molecule has 3 N–H and O–H groups in total. The number of halogens is 2. The molecule has 23 heavy (non-hydrogen) atoms. The molecule has 0 aromatic heterocycles. The quantitative estimate of drug-likeness (QED) is 0.422. The molecular formula is C16H15Br2N3O2. The van der Waals surface area contributed by atoms with Gasteiger partial charge in [0.2, 0.25) is 0 Å². The minimum absolute atomic E-state index is 0.131. The lowest BCUT2D eigenvalue weighted by atomic mass is 10.1. The third kappa shape index (κ3) is 5.37. The molecule has 5 nitrogen and oxygen atoms in total. The summed E-state index contributed by atoms with van der Waals surface area (Å²) >= 11 is 6.72. The number of anilines is 1. The lowest BCUT2D eigenvalue weighted by Gasteiger charge is -2.08. The summed E-state index contributed by atoms with van der Waals surface area (Å²) in [4.78, 5) is 11.8. The molecule has 0 heterocycles. The Morgan fingerprint density at radius 1 is 1.26 bits per heavy atom. The molecule has 2 rings (SSSR count). The maximum atomic E-state index is 11.8. The van der Waals surface area contributed by atoms with Crippen LogP contribution in [0.3, 0.4) is 0 Å². The SMILES string of the molecule is C/C(=N\NC(=O)COc1ccc(Br)cc1Br)c1cccc(N)c1. The standard InChI is InChI=1S/C16H15Br2N3O2/c1-10(11-3-2-4-13(19)7-11)20-21-16(22)9-23-15-6-5-12(17)8-14(15)18/h2-8H,9,19H2,1H3,(H,21,22)/b20-10+. The van der Waals surface area contributed by atoms with Gasteiger partial charge in [0.1, 0.15) is 5.75 Å². The topological polar surface area (TPSA) is 76.7 Å². The summed E-state index contributed by atoms with van der Waals surface area (Å²) in [7, 11) is 0. The van der Waals surface area contributed by atoms with Crippen molar-refractivity contribution in [3.63, 3.8) is 0 Å². The summed E-state index contributed by atoms with van der Waals surface area (Å²) in [5, 5.41) is 4.05. The van der Waals surface area contributed by atoms with Crippen LogP contribution in [0.1, 0.15) is 12.5 Å². The summed E-state index contributed by atoms with van der Waals surface area (Å²) in [5.41, 5.74) is 10.3. The van der Waals surface area contributed by atoms with E-state index in [1.807, 2.05) is 24.3 Å². The van der Waals surface area contributed by atoms with Gasteiger partial charge in [0.05, 0.1) is 10.2 Å². The monoisotopic (exact) mass is 439 g/mol. The van der Waals surface area contributed by atoms with E-state index in [-0.39, 0.29) is 12.5 Å². The van der Waals surface area contributed by atoms with E-state index >= 15 is 0 Å². The second-order valence-electron chi connectivity index (χ2n) is 4.72. The van der Waals surface area contributed by atoms with Gasteiger partial charge in [0.15, 0.2) is 6.61 Å². The van der Waals surface area contributed by atoms with Gasteiger partial charge in [-0.05, 0) is 58.7 Å². The van der Waals surface area contributed by atoms with Crippen molar-refractivity contribution in [3.8, 4) is 5.75 Å². The van der Waals surface area contributed by atoms with E-state index in [0.717, 1.165) is 14.5 Å². The number of hydrogen-bond acceptors (Lipinski definition) is 4. The molecule has 2 aromatic carbocycles. The smallest absolute Gasteiger partial charge is 0.277 e. The Morgan fingerprint density at radius 3 is 2.74 bits per heavy atom. The number of carbonyl (C=O) groups is 1. The van der Waals surface area contributed by atoms with Crippen LogP contribution >= 0.6 is 31.9 Å². The van der Waals surface area contributed by atoms with Crippen molar-refractivity contribution in [1.82, 2.24) is 5.43 Å². The first-order chi connectivity index (χ1) is 11.0. The minimum atomic E-state index is -0.344. The lowest BCUT2D eigenvalue weighted by Crippen LogP contribution is -2.25. The number of carbonyl (C=O) groups excluding carboxylic acids is 1. The van der Waals surface area contributed by atoms with E-state index < -0.39 is 0 Å². The van der Waals surface area contributed by atoms with Gasteiger partial charge in [-0.25, -0.2) is 5.43 Å². The largest absolute Gasteiger partial charge is 0.483 e. The fourth-order valence-corrected chi connectivity index (χ4v) is 2.90. The Kier molecular flexibility index (Phi) is 6.18. The first kappa shape index (κ1) is 17.5. The van der Waals surface area contributed by atoms with Gasteiger partial charge >= 0.3 is 0 Å². The molecule has 1 amide bonds. The number of nitrogens with zero attached hydrogens (tertiary/aromatic N) is 1. The van der Waals surface area contributed by atoms with Crippen LogP contribution in [0.2, 0.25) is 0 Å². The van der Waals surface area contributed by atoms with E-state index in [4.69, 9.17) is 10.5 Å². The number of hydrazone groups is 1. The molecule has 0 radical (unpaired) electrons. The third-order valence-corrected chi connectivity index (χ3v) is 4.02. The van der Waals surface area contributed by atoms with Crippen LogP contribution in [0.15, 0.2) is 56.5 Å². The van der Waals surface area contributed by atoms with E-state index in [0.29, 0.717) is 17.1 Å². The average molecular weight is 441 g/mol. The molecule has 0 aliphatic heterocycles. The summed E-state index contributed by atoms with van der Waals surface area (Å²) in [6.45, 7) is 1.66. The summed E-state index contributed by atoms with van der Waals surface area (Å²) < 4.78 is 7.12. The molecule has 0 saturated heterocycles. The Labute approximate surface area is 151 Å². The Balaban J connectivity index is 1.90. The molecule has 0 aliphatic rings. The Morgan fingerprint density at radius 2 is 2.04 bits per heavy atom. The number of amides is 1. The van der Waals surface area contributed by atoms with E-state index in [2.05, 4.69) is 42.4 Å². The normalized spacial score (nSPS) is 11.2. The van der Waals surface area contributed by atoms with Crippen LogP contribution in [-0.2, 0) is 4.79 Å². The van der Waals surface area contributed by atoms with Crippen LogP contribution in [0.4, 0.5) is 5.69 Å². The second-order valence-corrected chi connectivity index (χ2v) is 6.49. The molecule has 0 aliphatic carbocycles. The number of nitrogen functional groups attached to an aromatic ring is 1. The zero-order valence-corrected chi connectivity index (χ0v) is 15.5. The maximum Gasteiger partial charge on any atom is 0.277 e. The summed E-state index contributed by atoms with van der Waals surface area (Å²) in [6.07, 6.45) is 0. The Hall–Kier alpha value is -1.86. The van der Waals surface area contributed by atoms with Crippen LogP contribution in [-0.4, -0.2) is 18.2 Å². The van der Waals surface area contributed by atoms with E-state index in [9.17, 15) is 4.79 Å². The second kappa shape index (κ2) is 8.12.